The maximum absolute atomic E-state index is 10.8. The van der Waals surface area contributed by atoms with Crippen LogP contribution in [0.25, 0.3) is 0 Å². The van der Waals surface area contributed by atoms with Crippen LogP contribution in [-0.2, 0) is 9.63 Å². The van der Waals surface area contributed by atoms with Crippen LogP contribution in [0.3, 0.4) is 0 Å². The highest BCUT2D eigenvalue weighted by Gasteiger charge is 2.16. The normalized spacial score (nSPS) is 11.4. The van der Waals surface area contributed by atoms with Gasteiger partial charge in [-0.3, -0.25) is 0 Å². The van der Waals surface area contributed by atoms with Crippen molar-refractivity contribution in [3.8, 4) is 0 Å². The lowest BCUT2D eigenvalue weighted by molar-refractivity contribution is -0.129. The number of aryl methyl sites for hydroxylation is 1. The first-order valence-electron chi connectivity index (χ1n) is 4.01. The summed E-state index contributed by atoms with van der Waals surface area (Å²) in [5.74, 6) is -1.14. The van der Waals surface area contributed by atoms with E-state index in [0.29, 0.717) is 12.3 Å². The summed E-state index contributed by atoms with van der Waals surface area (Å²) in [6.45, 7) is 3.86. The molecule has 1 aromatic rings. The molecule has 0 aliphatic heterocycles. The van der Waals surface area contributed by atoms with Crippen LogP contribution in [0.5, 0.6) is 0 Å². The molecule has 1 N–H and O–H groups in total. The molecule has 0 aliphatic carbocycles. The Kier molecular flexibility index (Phi) is 3.58. The third kappa shape index (κ3) is 2.53. The summed E-state index contributed by atoms with van der Waals surface area (Å²) in [6.07, 6.45) is 0. The Labute approximate surface area is 85.0 Å². The van der Waals surface area contributed by atoms with E-state index in [9.17, 15) is 4.79 Å². The number of aromatic nitrogens is 1. The molecular weight excluding hydrogens is 204 g/mol. The van der Waals surface area contributed by atoms with E-state index < -0.39 is 5.97 Å². The molecule has 14 heavy (non-hydrogen) atoms. The van der Waals surface area contributed by atoms with Gasteiger partial charge >= 0.3 is 5.97 Å². The second-order valence-corrected chi connectivity index (χ2v) is 3.48. The maximum Gasteiger partial charge on any atom is 0.360 e. The Morgan fingerprint density at radius 3 is 2.93 bits per heavy atom. The fourth-order valence-corrected chi connectivity index (χ4v) is 1.39. The molecule has 0 amide bonds. The number of rotatable bonds is 4. The highest BCUT2D eigenvalue weighted by molar-refractivity contribution is 7.09. The van der Waals surface area contributed by atoms with Gasteiger partial charge in [-0.2, -0.15) is 0 Å². The smallest absolute Gasteiger partial charge is 0.360 e. The van der Waals surface area contributed by atoms with Crippen molar-refractivity contribution in [1.82, 2.24) is 4.98 Å². The lowest BCUT2D eigenvalue weighted by atomic mass is 10.3. The molecule has 0 saturated heterocycles. The van der Waals surface area contributed by atoms with Gasteiger partial charge in [-0.1, -0.05) is 5.16 Å². The van der Waals surface area contributed by atoms with Gasteiger partial charge in [-0.05, 0) is 13.8 Å². The lowest BCUT2D eigenvalue weighted by Crippen LogP contribution is -2.15. The molecule has 1 rings (SSSR count). The fourth-order valence-electron chi connectivity index (χ4n) is 0.797. The average molecular weight is 214 g/mol. The van der Waals surface area contributed by atoms with Crippen LogP contribution in [0, 0.1) is 6.92 Å². The van der Waals surface area contributed by atoms with E-state index in [0.717, 1.165) is 5.01 Å². The monoisotopic (exact) mass is 214 g/mol. The summed E-state index contributed by atoms with van der Waals surface area (Å²) in [4.78, 5) is 19.5. The number of hydrogen-bond acceptors (Lipinski definition) is 5. The van der Waals surface area contributed by atoms with Crippen molar-refractivity contribution in [2.24, 2.45) is 5.16 Å². The maximum atomic E-state index is 10.8. The number of carbonyl (C=O) groups is 1. The quantitative estimate of drug-likeness (QED) is 0.605. The van der Waals surface area contributed by atoms with Crippen molar-refractivity contribution in [3.63, 3.8) is 0 Å². The van der Waals surface area contributed by atoms with E-state index in [1.54, 1.807) is 19.2 Å². The van der Waals surface area contributed by atoms with E-state index >= 15 is 0 Å². The number of nitrogens with zero attached hydrogens (tertiary/aromatic N) is 2. The molecule has 6 heteroatoms. The summed E-state index contributed by atoms with van der Waals surface area (Å²) >= 11 is 1.37. The first kappa shape index (κ1) is 10.6. The highest BCUT2D eigenvalue weighted by atomic mass is 32.1. The Hall–Kier alpha value is -1.43. The van der Waals surface area contributed by atoms with E-state index in [4.69, 9.17) is 9.94 Å². The molecule has 0 radical (unpaired) electrons. The van der Waals surface area contributed by atoms with Crippen molar-refractivity contribution in [3.05, 3.63) is 16.1 Å². The molecule has 0 bridgehead atoms. The zero-order chi connectivity index (χ0) is 10.6. The molecule has 0 aliphatic rings. The Balaban J connectivity index is 2.94. The number of oxime groups is 1. The average Bonchev–Trinajstić information content (AvgIpc) is 2.52. The summed E-state index contributed by atoms with van der Waals surface area (Å²) in [6, 6.07) is 0. The standard InChI is InChI=1S/C8H10N2O3S/c1-3-13-10-7(8(11)12)6-4-14-5(2)9-6/h4H,3H2,1-2H3,(H,11,12)/b10-7-. The van der Waals surface area contributed by atoms with Crippen LogP contribution < -0.4 is 0 Å². The fraction of sp³-hybridized carbons (Fsp3) is 0.375. The van der Waals surface area contributed by atoms with Gasteiger partial charge in [0.1, 0.15) is 12.3 Å². The number of thiazole rings is 1. The first-order valence-corrected chi connectivity index (χ1v) is 4.89. The van der Waals surface area contributed by atoms with Gasteiger partial charge < -0.3 is 9.94 Å². The van der Waals surface area contributed by atoms with Gasteiger partial charge in [0.05, 0.1) is 5.01 Å². The van der Waals surface area contributed by atoms with E-state index in [2.05, 4.69) is 10.1 Å². The van der Waals surface area contributed by atoms with Crippen molar-refractivity contribution in [2.75, 3.05) is 6.61 Å². The van der Waals surface area contributed by atoms with Crippen molar-refractivity contribution < 1.29 is 14.7 Å². The third-order valence-electron chi connectivity index (χ3n) is 1.35. The predicted molar refractivity (Wildman–Crippen MR) is 52.6 cm³/mol. The highest BCUT2D eigenvalue weighted by Crippen LogP contribution is 2.09. The largest absolute Gasteiger partial charge is 0.476 e. The summed E-state index contributed by atoms with van der Waals surface area (Å²) in [5, 5.41) is 14.7. The molecule has 1 aromatic heterocycles. The van der Waals surface area contributed by atoms with Crippen LogP contribution in [0.15, 0.2) is 10.5 Å². The summed E-state index contributed by atoms with van der Waals surface area (Å²) < 4.78 is 0. The second kappa shape index (κ2) is 4.71. The second-order valence-electron chi connectivity index (χ2n) is 2.41. The third-order valence-corrected chi connectivity index (χ3v) is 2.12. The minimum Gasteiger partial charge on any atom is -0.476 e. The van der Waals surface area contributed by atoms with E-state index in [1.807, 2.05) is 0 Å². The molecule has 0 unspecified atom stereocenters. The van der Waals surface area contributed by atoms with Crippen LogP contribution in [0.4, 0.5) is 0 Å². The zero-order valence-electron chi connectivity index (χ0n) is 7.85. The Bertz CT molecular complexity index is 359. The minimum absolute atomic E-state index is 0.156. The number of carboxylic acid groups (broad SMARTS) is 1. The van der Waals surface area contributed by atoms with Gasteiger partial charge in [0.15, 0.2) is 0 Å². The number of aliphatic carboxylic acids is 1. The van der Waals surface area contributed by atoms with Crippen LogP contribution in [0.2, 0.25) is 0 Å². The number of hydrogen-bond donors (Lipinski definition) is 1. The Morgan fingerprint density at radius 1 is 1.79 bits per heavy atom. The Morgan fingerprint density at radius 2 is 2.50 bits per heavy atom. The molecule has 0 aromatic carbocycles. The molecule has 1 heterocycles. The molecule has 76 valence electrons. The molecule has 0 fully saturated rings. The number of carboxylic acids is 1. The van der Waals surface area contributed by atoms with E-state index in [1.165, 1.54) is 11.3 Å². The minimum atomic E-state index is -1.14. The van der Waals surface area contributed by atoms with Gasteiger partial charge in [-0.25, -0.2) is 9.78 Å². The molecule has 5 nitrogen and oxygen atoms in total. The van der Waals surface area contributed by atoms with Gasteiger partial charge in [0, 0.05) is 5.38 Å². The van der Waals surface area contributed by atoms with Crippen molar-refractivity contribution in [1.29, 1.82) is 0 Å². The zero-order valence-corrected chi connectivity index (χ0v) is 8.67. The summed E-state index contributed by atoms with van der Waals surface area (Å²) in [7, 11) is 0. The molecule has 0 atom stereocenters. The topological polar surface area (TPSA) is 71.8 Å². The van der Waals surface area contributed by atoms with Crippen molar-refractivity contribution >= 4 is 23.0 Å². The van der Waals surface area contributed by atoms with E-state index in [-0.39, 0.29) is 5.71 Å². The molecule has 0 saturated carbocycles. The molecular formula is C8H10N2O3S. The van der Waals surface area contributed by atoms with Gasteiger partial charge in [-0.15, -0.1) is 11.3 Å². The van der Waals surface area contributed by atoms with Crippen LogP contribution >= 0.6 is 11.3 Å². The van der Waals surface area contributed by atoms with Crippen LogP contribution in [0.1, 0.15) is 17.6 Å². The van der Waals surface area contributed by atoms with Gasteiger partial charge in [0.25, 0.3) is 0 Å². The van der Waals surface area contributed by atoms with Crippen molar-refractivity contribution in [2.45, 2.75) is 13.8 Å². The lowest BCUT2D eigenvalue weighted by Gasteiger charge is -1.96. The predicted octanol–water partition coefficient (Wildman–Crippen LogP) is 1.28. The molecule has 0 spiro atoms. The van der Waals surface area contributed by atoms with Gasteiger partial charge in [0.2, 0.25) is 5.71 Å². The van der Waals surface area contributed by atoms with Crippen LogP contribution in [-0.4, -0.2) is 28.4 Å². The first-order chi connectivity index (χ1) is 6.65. The SMILES string of the molecule is CCO/N=C(\C(=O)O)c1csc(C)n1. The summed E-state index contributed by atoms with van der Waals surface area (Å²) in [5.41, 5.74) is 0.185.